The Bertz CT molecular complexity index is 2320. The number of carbonyl (C=O) groups is 3. The first-order chi connectivity index (χ1) is 32.1. The number of aliphatic hydroxyl groups is 1. The molecule has 3 heterocycles. The van der Waals surface area contributed by atoms with Crippen molar-refractivity contribution in [2.75, 3.05) is 19.8 Å². The van der Waals surface area contributed by atoms with E-state index in [0.717, 1.165) is 0 Å². The molecule has 6 rings (SSSR count). The maximum absolute atomic E-state index is 13.5. The summed E-state index contributed by atoms with van der Waals surface area (Å²) in [6.07, 6.45) is -14.3. The number of hydrogen-bond acceptors (Lipinski definition) is 17. The first kappa shape index (κ1) is 48.5. The maximum Gasteiger partial charge on any atom is 0.338 e. The summed E-state index contributed by atoms with van der Waals surface area (Å²) in [6, 6.07) is 19.8. The molecule has 3 aliphatic heterocycles. The third-order valence-corrected chi connectivity index (χ3v) is 10.7. The van der Waals surface area contributed by atoms with Crippen LogP contribution in [0.15, 0.2) is 111 Å². The van der Waals surface area contributed by atoms with Crippen molar-refractivity contribution in [3.63, 3.8) is 0 Å². The van der Waals surface area contributed by atoms with Crippen LogP contribution in [0.25, 0.3) is 41.8 Å². The van der Waals surface area contributed by atoms with E-state index < -0.39 is 117 Å². The van der Waals surface area contributed by atoms with Crippen LogP contribution >= 0.6 is 0 Å². The molecule has 1 N–H and O–H groups in total. The van der Waals surface area contributed by atoms with Gasteiger partial charge in [-0.3, -0.25) is 0 Å². The van der Waals surface area contributed by atoms with E-state index in [0.29, 0.717) is 0 Å². The van der Waals surface area contributed by atoms with Gasteiger partial charge in [0.2, 0.25) is 0 Å². The first-order valence-electron chi connectivity index (χ1n) is 20.5. The van der Waals surface area contributed by atoms with Crippen LogP contribution in [0.5, 0.6) is 0 Å². The lowest BCUT2D eigenvalue weighted by Crippen LogP contribution is -2.64. The normalized spacial score (nSPS) is 27.3. The average Bonchev–Trinajstić information content (AvgIpc) is 3.65. The molecule has 0 bridgehead atoms. The van der Waals surface area contributed by atoms with Gasteiger partial charge in [0.15, 0.2) is 31.1 Å². The van der Waals surface area contributed by atoms with Gasteiger partial charge in [0.1, 0.15) is 30.5 Å². The van der Waals surface area contributed by atoms with E-state index in [1.165, 1.54) is 43.3 Å². The zero-order valence-corrected chi connectivity index (χ0v) is 35.3. The predicted molar refractivity (Wildman–Crippen MR) is 224 cm³/mol. The second-order valence-electron chi connectivity index (χ2n) is 14.9. The Kier molecular flexibility index (Phi) is 17.5. The number of rotatable bonds is 20. The summed E-state index contributed by atoms with van der Waals surface area (Å²) in [7, 11) is 0. The molecule has 3 aliphatic rings. The zero-order valence-electron chi connectivity index (χ0n) is 35.3. The van der Waals surface area contributed by atoms with E-state index in [1.807, 2.05) is 0 Å². The van der Waals surface area contributed by atoms with Gasteiger partial charge >= 0.3 is 17.9 Å². The van der Waals surface area contributed by atoms with Crippen LogP contribution < -0.4 is 0 Å². The van der Waals surface area contributed by atoms with Crippen molar-refractivity contribution in [3.8, 4) is 0 Å². The van der Waals surface area contributed by atoms with Crippen molar-refractivity contribution < 1.29 is 62.1 Å². The molecule has 0 aliphatic carbocycles. The quantitative estimate of drug-likeness (QED) is 0.0422. The minimum Gasteiger partial charge on any atom is -0.455 e. The molecule has 3 saturated heterocycles. The highest BCUT2D eigenvalue weighted by molar-refractivity contribution is 5.90. The maximum atomic E-state index is 13.5. The Hall–Kier alpha value is -6.97. The number of fused-ring (bicyclic) bond motifs is 1. The molecule has 0 aromatic heterocycles. The molecule has 0 spiro atoms. The Morgan fingerprint density at radius 2 is 1.24 bits per heavy atom. The fourth-order valence-electron chi connectivity index (χ4n) is 7.46. The van der Waals surface area contributed by atoms with E-state index in [2.05, 4.69) is 40.1 Å². The molecule has 0 amide bonds. The molecular formula is C41H44N12O13. The summed E-state index contributed by atoms with van der Waals surface area (Å²) in [5.41, 5.74) is 38.7. The predicted octanol–water partition coefficient (Wildman–Crippen LogP) is 6.39. The molecule has 25 heteroatoms. The Balaban J connectivity index is 1.25. The Labute approximate surface area is 375 Å². The van der Waals surface area contributed by atoms with Gasteiger partial charge in [0.05, 0.1) is 60.7 Å². The zero-order chi connectivity index (χ0) is 47.0. The third kappa shape index (κ3) is 12.2. The van der Waals surface area contributed by atoms with Crippen molar-refractivity contribution in [2.45, 2.75) is 106 Å². The second kappa shape index (κ2) is 23.8. The first-order valence-corrected chi connectivity index (χ1v) is 20.5. The molecule has 346 valence electrons. The number of carbonyl (C=O) groups excluding carboxylic acids is 3. The topological polar surface area (TPSA) is 350 Å². The Morgan fingerprint density at radius 3 is 1.77 bits per heavy atom. The highest BCUT2D eigenvalue weighted by Gasteiger charge is 2.53. The Morgan fingerprint density at radius 1 is 0.697 bits per heavy atom. The van der Waals surface area contributed by atoms with E-state index >= 15 is 0 Å². The van der Waals surface area contributed by atoms with Gasteiger partial charge in [-0.05, 0) is 78.8 Å². The number of nitrogens with zero attached hydrogens (tertiary/aromatic N) is 12. The molecule has 5 unspecified atom stereocenters. The smallest absolute Gasteiger partial charge is 0.338 e. The fourth-order valence-corrected chi connectivity index (χ4v) is 7.46. The van der Waals surface area contributed by atoms with Gasteiger partial charge in [-0.1, -0.05) is 75.1 Å². The van der Waals surface area contributed by atoms with Crippen molar-refractivity contribution in [2.24, 2.45) is 20.5 Å². The molecule has 0 radical (unpaired) electrons. The van der Waals surface area contributed by atoms with E-state index in [1.54, 1.807) is 61.5 Å². The van der Waals surface area contributed by atoms with E-state index in [4.69, 9.17) is 42.6 Å². The second-order valence-corrected chi connectivity index (χ2v) is 14.9. The van der Waals surface area contributed by atoms with Crippen LogP contribution in [-0.4, -0.2) is 129 Å². The van der Waals surface area contributed by atoms with Gasteiger partial charge in [-0.15, -0.1) is 0 Å². The van der Waals surface area contributed by atoms with Crippen molar-refractivity contribution >= 4 is 17.9 Å². The standard InChI is InChI=1S/C41H44N12O13/c1-22(59-40-32(49-53-45)35(34-31(63-40)21-58-23(2)60-34)65-38(56)25-14-8-4-9-15-25)27(47-51-43)18-28(48-52-44)30(20-54)62-41-36(66-39(57)26-16-10-5-11-17-26)33(29(61-41)19-46-50-42)64-37(55)24-12-6-3-7-13-24/h3-17,22-23,27-36,40-41,54H,18-21H2,1-2H3/t22-,23?,27?,28+,29+,30-,31?,32?,33?,34+,35+,36-,40-,41-/m0/s1. The minimum absolute atomic E-state index is 0.0301. The molecule has 14 atom stereocenters. The van der Waals surface area contributed by atoms with Gasteiger partial charge in [0.25, 0.3) is 0 Å². The van der Waals surface area contributed by atoms with Crippen molar-refractivity contribution in [1.82, 2.24) is 0 Å². The largest absolute Gasteiger partial charge is 0.455 e. The van der Waals surface area contributed by atoms with E-state index in [9.17, 15) is 41.6 Å². The highest BCUT2D eigenvalue weighted by atomic mass is 16.8. The third-order valence-electron chi connectivity index (χ3n) is 10.7. The lowest BCUT2D eigenvalue weighted by Gasteiger charge is -2.47. The van der Waals surface area contributed by atoms with Crippen LogP contribution in [0.3, 0.4) is 0 Å². The summed E-state index contributed by atoms with van der Waals surface area (Å²) < 4.78 is 53.9. The molecule has 66 heavy (non-hydrogen) atoms. The van der Waals surface area contributed by atoms with Crippen LogP contribution in [0.4, 0.5) is 0 Å². The summed E-state index contributed by atoms with van der Waals surface area (Å²) in [4.78, 5) is 51.8. The molecule has 3 fully saturated rings. The van der Waals surface area contributed by atoms with Gasteiger partial charge in [0, 0.05) is 19.6 Å². The lowest BCUT2D eigenvalue weighted by atomic mass is 9.95. The minimum atomic E-state index is -1.66. The van der Waals surface area contributed by atoms with Gasteiger partial charge < -0.3 is 47.7 Å². The lowest BCUT2D eigenvalue weighted by molar-refractivity contribution is -0.339. The monoisotopic (exact) mass is 912 g/mol. The highest BCUT2D eigenvalue weighted by Crippen LogP contribution is 2.36. The average molecular weight is 913 g/mol. The molecule has 0 saturated carbocycles. The summed E-state index contributed by atoms with van der Waals surface area (Å²) >= 11 is 0. The molecular weight excluding hydrogens is 869 g/mol. The van der Waals surface area contributed by atoms with Crippen LogP contribution in [0.1, 0.15) is 51.3 Å². The number of esters is 3. The summed E-state index contributed by atoms with van der Waals surface area (Å²) in [5, 5.41) is 25.9. The van der Waals surface area contributed by atoms with Crippen LogP contribution in [0, 0.1) is 0 Å². The summed E-state index contributed by atoms with van der Waals surface area (Å²) in [6.45, 7) is 1.79. The fraction of sp³-hybridized carbons (Fsp3) is 0.488. The number of aliphatic hydroxyl groups excluding tert-OH is 1. The van der Waals surface area contributed by atoms with Crippen molar-refractivity contribution in [1.29, 1.82) is 0 Å². The van der Waals surface area contributed by atoms with Crippen LogP contribution in [-0.2, 0) is 42.6 Å². The number of benzene rings is 3. The molecule has 3 aromatic carbocycles. The van der Waals surface area contributed by atoms with Crippen LogP contribution in [0.2, 0.25) is 0 Å². The molecule has 3 aromatic rings. The van der Waals surface area contributed by atoms with Gasteiger partial charge in [-0.2, -0.15) is 0 Å². The summed E-state index contributed by atoms with van der Waals surface area (Å²) in [5.74, 6) is -2.47. The number of ether oxygens (including phenoxy) is 9. The SMILES string of the molecule is CC1OCC2O[C@H](O[C@@H](C)C(C[C@@H](N=[N+]=[N-])[C@H](CO)O[C@@H]3O[C@H](CN=[N+]=[N-])C(OC(=O)c4ccccc4)[C@@H]3OC(=O)c3ccccc3)N=[N+]=[N-])C(N=[N+]=[N-])[C@@H](OC(=O)c3ccccc3)[C@@H]2O1. The number of azide groups is 4. The van der Waals surface area contributed by atoms with Crippen molar-refractivity contribution in [3.05, 3.63) is 149 Å². The number of hydrogen-bond donors (Lipinski definition) is 1. The van der Waals surface area contributed by atoms with Gasteiger partial charge in [-0.25, -0.2) is 14.4 Å². The molecule has 25 nitrogen and oxygen atoms in total. The van der Waals surface area contributed by atoms with E-state index in [-0.39, 0.29) is 29.7 Å².